The Balaban J connectivity index is 3.20. The number of phenolic OH excluding ortho intramolecular Hbond substituents is 1. The van der Waals surface area contributed by atoms with E-state index in [4.69, 9.17) is 5.73 Å². The fourth-order valence-corrected chi connectivity index (χ4v) is 2.03. The standard InChI is InChI=1S/C8H7Br2NO2/c9-5-1-4(7(12)3-11)2-6(10)8(5)13/h1-2,13H,3,11H2. The summed E-state index contributed by atoms with van der Waals surface area (Å²) < 4.78 is 0.942. The van der Waals surface area contributed by atoms with Crippen molar-refractivity contribution in [2.45, 2.75) is 0 Å². The average molecular weight is 309 g/mol. The first kappa shape index (κ1) is 10.7. The predicted molar refractivity (Wildman–Crippen MR) is 56.9 cm³/mol. The van der Waals surface area contributed by atoms with Gasteiger partial charge in [0.15, 0.2) is 5.78 Å². The number of Topliss-reactive ketones (excluding diaryl/α,β-unsaturated/α-hetero) is 1. The molecule has 0 amide bonds. The van der Waals surface area contributed by atoms with Gasteiger partial charge in [-0.1, -0.05) is 0 Å². The highest BCUT2D eigenvalue weighted by Gasteiger charge is 2.09. The molecule has 1 aromatic carbocycles. The van der Waals surface area contributed by atoms with Gasteiger partial charge in [-0.2, -0.15) is 0 Å². The molecular weight excluding hydrogens is 302 g/mol. The highest BCUT2D eigenvalue weighted by atomic mass is 79.9. The van der Waals surface area contributed by atoms with E-state index in [1.807, 2.05) is 0 Å². The van der Waals surface area contributed by atoms with E-state index in [-0.39, 0.29) is 18.1 Å². The molecule has 70 valence electrons. The van der Waals surface area contributed by atoms with Crippen LogP contribution in [-0.4, -0.2) is 17.4 Å². The summed E-state index contributed by atoms with van der Waals surface area (Å²) in [5.74, 6) is -0.0880. The van der Waals surface area contributed by atoms with Crippen LogP contribution in [0.15, 0.2) is 21.1 Å². The van der Waals surface area contributed by atoms with Gasteiger partial charge in [-0.25, -0.2) is 0 Å². The van der Waals surface area contributed by atoms with Crippen LogP contribution in [0.2, 0.25) is 0 Å². The zero-order valence-corrected chi connectivity index (χ0v) is 9.72. The van der Waals surface area contributed by atoms with Crippen LogP contribution in [-0.2, 0) is 0 Å². The average Bonchev–Trinajstić information content (AvgIpc) is 2.12. The number of hydrogen-bond acceptors (Lipinski definition) is 3. The maximum absolute atomic E-state index is 11.2. The van der Waals surface area contributed by atoms with Gasteiger partial charge >= 0.3 is 0 Å². The molecule has 0 saturated heterocycles. The Morgan fingerprint density at radius 1 is 1.38 bits per heavy atom. The minimum atomic E-state index is -0.165. The van der Waals surface area contributed by atoms with Crippen molar-refractivity contribution in [3.05, 3.63) is 26.6 Å². The lowest BCUT2D eigenvalue weighted by molar-refractivity contribution is 0.100. The van der Waals surface area contributed by atoms with E-state index in [1.54, 1.807) is 0 Å². The minimum Gasteiger partial charge on any atom is -0.506 e. The van der Waals surface area contributed by atoms with E-state index < -0.39 is 0 Å². The maximum Gasteiger partial charge on any atom is 0.176 e. The van der Waals surface area contributed by atoms with E-state index in [0.29, 0.717) is 14.5 Å². The third kappa shape index (κ3) is 2.30. The van der Waals surface area contributed by atoms with E-state index in [1.165, 1.54) is 12.1 Å². The summed E-state index contributed by atoms with van der Waals surface area (Å²) >= 11 is 6.24. The van der Waals surface area contributed by atoms with Crippen molar-refractivity contribution >= 4 is 37.6 Å². The van der Waals surface area contributed by atoms with Crippen LogP contribution in [0.3, 0.4) is 0 Å². The van der Waals surface area contributed by atoms with Gasteiger partial charge in [-0.05, 0) is 44.0 Å². The van der Waals surface area contributed by atoms with Gasteiger partial charge in [0.1, 0.15) is 5.75 Å². The topological polar surface area (TPSA) is 63.3 Å². The SMILES string of the molecule is NCC(=O)c1cc(Br)c(O)c(Br)c1. The number of nitrogens with two attached hydrogens (primary N) is 1. The molecule has 5 heteroatoms. The van der Waals surface area contributed by atoms with E-state index in [0.717, 1.165) is 0 Å². The normalized spacial score (nSPS) is 10.1. The number of benzene rings is 1. The Morgan fingerprint density at radius 3 is 2.23 bits per heavy atom. The molecule has 0 aliphatic heterocycles. The number of hydrogen-bond donors (Lipinski definition) is 2. The van der Waals surface area contributed by atoms with Crippen LogP contribution in [0.1, 0.15) is 10.4 Å². The molecule has 13 heavy (non-hydrogen) atoms. The molecule has 0 unspecified atom stereocenters. The third-order valence-electron chi connectivity index (χ3n) is 1.52. The van der Waals surface area contributed by atoms with Crippen LogP contribution in [0, 0.1) is 0 Å². The molecule has 0 heterocycles. The first-order valence-corrected chi connectivity index (χ1v) is 5.06. The molecule has 1 aromatic rings. The molecule has 0 saturated carbocycles. The molecule has 3 N–H and O–H groups in total. The summed E-state index contributed by atoms with van der Waals surface area (Å²) in [6.07, 6.45) is 0. The van der Waals surface area contributed by atoms with Crippen molar-refractivity contribution in [2.75, 3.05) is 6.54 Å². The van der Waals surface area contributed by atoms with Crippen LogP contribution < -0.4 is 5.73 Å². The molecule has 0 atom stereocenters. The number of rotatable bonds is 2. The van der Waals surface area contributed by atoms with Crippen LogP contribution in [0.25, 0.3) is 0 Å². The molecular formula is C8H7Br2NO2. The largest absolute Gasteiger partial charge is 0.506 e. The fraction of sp³-hybridized carbons (Fsp3) is 0.125. The van der Waals surface area contributed by atoms with Crippen LogP contribution in [0.5, 0.6) is 5.75 Å². The summed E-state index contributed by atoms with van der Waals surface area (Å²) in [4.78, 5) is 11.2. The zero-order chi connectivity index (χ0) is 10.0. The second kappa shape index (κ2) is 4.21. The van der Waals surface area contributed by atoms with Crippen molar-refractivity contribution in [1.82, 2.24) is 0 Å². The minimum absolute atomic E-state index is 0.0380. The first-order chi connectivity index (χ1) is 6.06. The van der Waals surface area contributed by atoms with E-state index in [9.17, 15) is 9.90 Å². The van der Waals surface area contributed by atoms with Crippen molar-refractivity contribution in [3.8, 4) is 5.75 Å². The van der Waals surface area contributed by atoms with Gasteiger partial charge in [-0.3, -0.25) is 4.79 Å². The summed E-state index contributed by atoms with van der Waals surface area (Å²) in [6, 6.07) is 3.07. The lowest BCUT2D eigenvalue weighted by atomic mass is 10.1. The molecule has 0 aromatic heterocycles. The van der Waals surface area contributed by atoms with Crippen LogP contribution in [0.4, 0.5) is 0 Å². The Hall–Kier alpha value is -0.390. The zero-order valence-electron chi connectivity index (χ0n) is 6.55. The van der Waals surface area contributed by atoms with Gasteiger partial charge in [0, 0.05) is 5.56 Å². The van der Waals surface area contributed by atoms with Gasteiger partial charge in [0.05, 0.1) is 15.5 Å². The third-order valence-corrected chi connectivity index (χ3v) is 2.73. The highest BCUT2D eigenvalue weighted by Crippen LogP contribution is 2.33. The van der Waals surface area contributed by atoms with Gasteiger partial charge in [0.2, 0.25) is 0 Å². The quantitative estimate of drug-likeness (QED) is 0.822. The monoisotopic (exact) mass is 307 g/mol. The molecule has 1 rings (SSSR count). The molecule has 0 bridgehead atoms. The second-order valence-electron chi connectivity index (χ2n) is 2.42. The van der Waals surface area contributed by atoms with Crippen molar-refractivity contribution < 1.29 is 9.90 Å². The molecule has 0 aliphatic carbocycles. The molecule has 3 nitrogen and oxygen atoms in total. The predicted octanol–water partition coefficient (Wildman–Crippen LogP) is 2.06. The number of halogens is 2. The number of aromatic hydroxyl groups is 1. The second-order valence-corrected chi connectivity index (χ2v) is 4.12. The molecule has 0 aliphatic rings. The lowest BCUT2D eigenvalue weighted by Crippen LogP contribution is -2.13. The summed E-state index contributed by atoms with van der Waals surface area (Å²) in [5.41, 5.74) is 5.67. The van der Waals surface area contributed by atoms with E-state index >= 15 is 0 Å². The number of carbonyl (C=O) groups is 1. The Bertz CT molecular complexity index is 329. The Labute approximate surface area is 92.2 Å². The molecule has 0 spiro atoms. The fourth-order valence-electron chi connectivity index (χ4n) is 0.844. The molecule has 0 radical (unpaired) electrons. The number of carbonyl (C=O) groups excluding carboxylic acids is 1. The van der Waals surface area contributed by atoms with Gasteiger partial charge in [0.25, 0.3) is 0 Å². The maximum atomic E-state index is 11.2. The summed E-state index contributed by atoms with van der Waals surface area (Å²) in [6.45, 7) is -0.0380. The highest BCUT2D eigenvalue weighted by molar-refractivity contribution is 9.11. The van der Waals surface area contributed by atoms with Crippen LogP contribution >= 0.6 is 31.9 Å². The Kier molecular flexibility index (Phi) is 3.47. The molecule has 0 fully saturated rings. The van der Waals surface area contributed by atoms with Crippen molar-refractivity contribution in [2.24, 2.45) is 5.73 Å². The smallest absolute Gasteiger partial charge is 0.176 e. The van der Waals surface area contributed by atoms with Gasteiger partial charge in [-0.15, -0.1) is 0 Å². The lowest BCUT2D eigenvalue weighted by Gasteiger charge is -2.03. The summed E-state index contributed by atoms with van der Waals surface area (Å²) in [7, 11) is 0. The first-order valence-electron chi connectivity index (χ1n) is 3.47. The van der Waals surface area contributed by atoms with E-state index in [2.05, 4.69) is 31.9 Å². The number of ketones is 1. The van der Waals surface area contributed by atoms with Crippen molar-refractivity contribution in [1.29, 1.82) is 0 Å². The van der Waals surface area contributed by atoms with Crippen molar-refractivity contribution in [3.63, 3.8) is 0 Å². The summed E-state index contributed by atoms with van der Waals surface area (Å²) in [5, 5.41) is 9.35. The van der Waals surface area contributed by atoms with Gasteiger partial charge < -0.3 is 10.8 Å². The number of phenols is 1. The Morgan fingerprint density at radius 2 is 1.85 bits per heavy atom.